The molecular weight excluding hydrogens is 551 g/mol. The van der Waals surface area contributed by atoms with E-state index < -0.39 is 51.3 Å². The summed E-state index contributed by atoms with van der Waals surface area (Å²) in [6.45, 7) is 4.76. The molecule has 3 atom stereocenters. The predicted octanol–water partition coefficient (Wildman–Crippen LogP) is 5.32. The predicted molar refractivity (Wildman–Crippen MR) is 137 cm³/mol. The van der Waals surface area contributed by atoms with Crippen LogP contribution in [-0.2, 0) is 17.5 Å². The van der Waals surface area contributed by atoms with Crippen LogP contribution < -0.4 is 15.9 Å². The Balaban J connectivity index is 1.92. The number of anilines is 1. The number of alkyl halides is 3. The van der Waals surface area contributed by atoms with Crippen molar-refractivity contribution in [3.8, 4) is 11.1 Å². The van der Waals surface area contributed by atoms with E-state index in [1.54, 1.807) is 4.90 Å². The van der Waals surface area contributed by atoms with E-state index in [1.165, 1.54) is 11.7 Å². The Bertz CT molecular complexity index is 1470. The maximum atomic E-state index is 15.1. The lowest BCUT2D eigenvalue weighted by atomic mass is 9.95. The highest BCUT2D eigenvalue weighted by Crippen LogP contribution is 2.49. The standard InChI is InChI=1S/C25H24ClF5N4O2S/c1-11-7-34(8-12(2)32-11)23-15-4-16(25(29,30)31)20(14-5-17(26)19(28)6-18(14)27)22-21(15)35(24(36)33-23)9-13(37-3)10-38-22/h4-6,11-13,32H,7-10H2,1-3H3/t11-,12+,13?. The molecule has 1 saturated heterocycles. The van der Waals surface area contributed by atoms with Crippen molar-refractivity contribution in [2.75, 3.05) is 30.9 Å². The van der Waals surface area contributed by atoms with Gasteiger partial charge in [0.05, 0.1) is 28.8 Å². The maximum Gasteiger partial charge on any atom is 0.417 e. The average molecular weight is 575 g/mol. The van der Waals surface area contributed by atoms with Crippen LogP contribution in [0, 0.1) is 11.6 Å². The summed E-state index contributed by atoms with van der Waals surface area (Å²) in [5, 5.41) is 2.95. The summed E-state index contributed by atoms with van der Waals surface area (Å²) in [5.41, 5.74) is -2.59. The van der Waals surface area contributed by atoms with Gasteiger partial charge in [-0.3, -0.25) is 4.57 Å². The first kappa shape index (κ1) is 27.2. The van der Waals surface area contributed by atoms with Crippen LogP contribution in [0.1, 0.15) is 19.4 Å². The van der Waals surface area contributed by atoms with E-state index in [0.29, 0.717) is 19.2 Å². The highest BCUT2D eigenvalue weighted by Gasteiger charge is 2.39. The molecule has 13 heteroatoms. The zero-order valence-electron chi connectivity index (χ0n) is 20.6. The summed E-state index contributed by atoms with van der Waals surface area (Å²) in [7, 11) is 1.44. The molecule has 0 amide bonds. The number of aromatic nitrogens is 2. The molecule has 2 aliphatic heterocycles. The molecule has 2 aliphatic rings. The van der Waals surface area contributed by atoms with Gasteiger partial charge in [0, 0.05) is 65.5 Å². The molecule has 1 fully saturated rings. The fraction of sp³-hybridized carbons (Fsp3) is 0.440. The van der Waals surface area contributed by atoms with Crippen LogP contribution in [0.4, 0.5) is 27.8 Å². The minimum atomic E-state index is -4.91. The van der Waals surface area contributed by atoms with Crippen LogP contribution in [0.25, 0.3) is 22.0 Å². The molecule has 1 aromatic heterocycles. The van der Waals surface area contributed by atoms with Gasteiger partial charge >= 0.3 is 11.9 Å². The molecule has 0 bridgehead atoms. The SMILES string of the molecule is COC1CSc2c(-c3cc(Cl)c(F)cc3F)c(C(F)(F)F)cc3c(N4C[C@@H](C)N[C@@H](C)C4)nc(=O)n(c23)C1. The third-order valence-corrected chi connectivity index (χ3v) is 8.29. The van der Waals surface area contributed by atoms with Gasteiger partial charge < -0.3 is 15.0 Å². The number of methoxy groups -OCH3 is 1. The second-order valence-corrected chi connectivity index (χ2v) is 11.1. The van der Waals surface area contributed by atoms with Crippen LogP contribution in [0.5, 0.6) is 0 Å². The van der Waals surface area contributed by atoms with Crippen molar-refractivity contribution in [1.29, 1.82) is 0 Å². The smallest absolute Gasteiger partial charge is 0.379 e. The number of hydrogen-bond acceptors (Lipinski definition) is 6. The van der Waals surface area contributed by atoms with Gasteiger partial charge in [0.15, 0.2) is 0 Å². The summed E-state index contributed by atoms with van der Waals surface area (Å²) < 4.78 is 79.8. The van der Waals surface area contributed by atoms with Gasteiger partial charge in [0.2, 0.25) is 0 Å². The average Bonchev–Trinajstić information content (AvgIpc) is 3.03. The molecule has 0 radical (unpaired) electrons. The number of benzene rings is 2. The van der Waals surface area contributed by atoms with Gasteiger partial charge in [-0.2, -0.15) is 18.2 Å². The van der Waals surface area contributed by atoms with E-state index >= 15 is 4.39 Å². The molecule has 3 heterocycles. The van der Waals surface area contributed by atoms with Crippen molar-refractivity contribution < 1.29 is 26.7 Å². The molecule has 3 aromatic rings. The summed E-state index contributed by atoms with van der Waals surface area (Å²) in [5.74, 6) is -1.97. The summed E-state index contributed by atoms with van der Waals surface area (Å²) >= 11 is 6.91. The Morgan fingerprint density at radius 3 is 2.42 bits per heavy atom. The zero-order valence-corrected chi connectivity index (χ0v) is 22.2. The van der Waals surface area contributed by atoms with E-state index in [2.05, 4.69) is 10.3 Å². The molecule has 6 nitrogen and oxygen atoms in total. The Kier molecular flexibility index (Phi) is 7.12. The Morgan fingerprint density at radius 1 is 1.11 bits per heavy atom. The quantitative estimate of drug-likeness (QED) is 0.338. The molecule has 2 aromatic carbocycles. The molecule has 0 aliphatic carbocycles. The number of hydrogen-bond donors (Lipinski definition) is 1. The normalized spacial score (nSPS) is 22.1. The topological polar surface area (TPSA) is 59.4 Å². The lowest BCUT2D eigenvalue weighted by Gasteiger charge is -2.37. The highest BCUT2D eigenvalue weighted by molar-refractivity contribution is 7.99. The van der Waals surface area contributed by atoms with Crippen molar-refractivity contribution in [3.63, 3.8) is 0 Å². The van der Waals surface area contributed by atoms with Gasteiger partial charge in [0.1, 0.15) is 17.5 Å². The van der Waals surface area contributed by atoms with Gasteiger partial charge in [0.25, 0.3) is 0 Å². The van der Waals surface area contributed by atoms with Crippen LogP contribution in [-0.4, -0.2) is 53.7 Å². The zero-order chi connectivity index (χ0) is 27.5. The van der Waals surface area contributed by atoms with Crippen molar-refractivity contribution in [2.24, 2.45) is 0 Å². The first-order chi connectivity index (χ1) is 17.9. The van der Waals surface area contributed by atoms with Gasteiger partial charge in [-0.1, -0.05) is 11.6 Å². The van der Waals surface area contributed by atoms with Crippen LogP contribution in [0.2, 0.25) is 5.02 Å². The maximum absolute atomic E-state index is 15.1. The minimum absolute atomic E-state index is 0.00255. The summed E-state index contributed by atoms with van der Waals surface area (Å²) in [6, 6.07) is 2.22. The van der Waals surface area contributed by atoms with Crippen molar-refractivity contribution >= 4 is 40.1 Å². The van der Waals surface area contributed by atoms with Crippen molar-refractivity contribution in [3.05, 3.63) is 50.9 Å². The van der Waals surface area contributed by atoms with Crippen LogP contribution in [0.3, 0.4) is 0 Å². The number of halogens is 6. The minimum Gasteiger partial charge on any atom is -0.379 e. The molecular formula is C25H24ClF5N4O2S. The third kappa shape index (κ3) is 4.76. The monoisotopic (exact) mass is 574 g/mol. The second kappa shape index (κ2) is 9.96. The second-order valence-electron chi connectivity index (χ2n) is 9.64. The largest absolute Gasteiger partial charge is 0.417 e. The number of nitrogens with zero attached hydrogens (tertiary/aromatic N) is 3. The van der Waals surface area contributed by atoms with E-state index in [4.69, 9.17) is 16.3 Å². The fourth-order valence-electron chi connectivity index (χ4n) is 5.22. The number of ether oxygens (including phenoxy) is 1. The van der Waals surface area contributed by atoms with Gasteiger partial charge in [-0.15, -0.1) is 11.8 Å². The molecule has 38 heavy (non-hydrogen) atoms. The number of nitrogens with one attached hydrogen (secondary N) is 1. The first-order valence-electron chi connectivity index (χ1n) is 11.9. The molecule has 1 N–H and O–H groups in total. The Labute approximate surface area is 224 Å². The number of piperazine rings is 1. The first-order valence-corrected chi connectivity index (χ1v) is 13.3. The number of thioether (sulfide) groups is 1. The van der Waals surface area contributed by atoms with Crippen molar-refractivity contribution in [1.82, 2.24) is 14.9 Å². The van der Waals surface area contributed by atoms with Crippen LogP contribution >= 0.6 is 23.4 Å². The van der Waals surface area contributed by atoms with Crippen molar-refractivity contribution in [2.45, 2.75) is 49.7 Å². The third-order valence-electron chi connectivity index (χ3n) is 6.77. The van der Waals surface area contributed by atoms with E-state index in [0.717, 1.165) is 23.9 Å². The molecule has 5 rings (SSSR count). The highest BCUT2D eigenvalue weighted by atomic mass is 35.5. The van der Waals surface area contributed by atoms with Gasteiger partial charge in [-0.05, 0) is 26.0 Å². The van der Waals surface area contributed by atoms with E-state index in [1.807, 2.05) is 13.8 Å². The summed E-state index contributed by atoms with van der Waals surface area (Å²) in [6.07, 6.45) is -5.44. The summed E-state index contributed by atoms with van der Waals surface area (Å²) in [4.78, 5) is 19.4. The fourth-order valence-corrected chi connectivity index (χ4v) is 6.70. The van der Waals surface area contributed by atoms with Crippen LogP contribution in [0.15, 0.2) is 27.9 Å². The van der Waals surface area contributed by atoms with E-state index in [-0.39, 0.29) is 46.0 Å². The Morgan fingerprint density at radius 2 is 1.79 bits per heavy atom. The number of rotatable bonds is 3. The lowest BCUT2D eigenvalue weighted by molar-refractivity contribution is -0.137. The Hall–Kier alpha value is -2.41. The lowest BCUT2D eigenvalue weighted by Crippen LogP contribution is -2.55. The molecule has 0 saturated carbocycles. The molecule has 0 spiro atoms. The molecule has 1 unspecified atom stereocenters. The van der Waals surface area contributed by atoms with E-state index in [9.17, 15) is 22.4 Å². The van der Waals surface area contributed by atoms with Gasteiger partial charge in [-0.25, -0.2) is 13.6 Å². The molecule has 204 valence electrons.